The maximum Gasteiger partial charge on any atom is 0.323 e. The summed E-state index contributed by atoms with van der Waals surface area (Å²) < 4.78 is 0. The van der Waals surface area contributed by atoms with Crippen molar-refractivity contribution in [1.82, 2.24) is 4.90 Å². The molecule has 0 aromatic rings. The number of rotatable bonds is 5. The highest BCUT2D eigenvalue weighted by Crippen LogP contribution is 2.40. The average molecular weight is 241 g/mol. The average Bonchev–Trinajstić information content (AvgIpc) is 2.78. The minimum atomic E-state index is -0.942. The SMILES string of the molecule is CCN(CC(=O)O)C(=O)C(C)(C)C1CCCC1. The molecular weight excluding hydrogens is 218 g/mol. The Morgan fingerprint density at radius 3 is 2.24 bits per heavy atom. The van der Waals surface area contributed by atoms with E-state index in [-0.39, 0.29) is 12.5 Å². The number of nitrogens with zero attached hydrogens (tertiary/aromatic N) is 1. The van der Waals surface area contributed by atoms with Gasteiger partial charge in [0, 0.05) is 12.0 Å². The lowest BCUT2D eigenvalue weighted by Gasteiger charge is -2.34. The Balaban J connectivity index is 2.73. The minimum absolute atomic E-state index is 0.0192. The maximum atomic E-state index is 12.4. The molecular formula is C13H23NO3. The van der Waals surface area contributed by atoms with Crippen LogP contribution in [0.5, 0.6) is 0 Å². The van der Waals surface area contributed by atoms with Gasteiger partial charge in [-0.15, -0.1) is 0 Å². The van der Waals surface area contributed by atoms with Gasteiger partial charge in [0.05, 0.1) is 0 Å². The summed E-state index contributed by atoms with van der Waals surface area (Å²) in [5.74, 6) is -0.561. The van der Waals surface area contributed by atoms with E-state index < -0.39 is 11.4 Å². The van der Waals surface area contributed by atoms with Crippen LogP contribution in [-0.4, -0.2) is 35.0 Å². The normalized spacial score (nSPS) is 17.1. The van der Waals surface area contributed by atoms with Crippen molar-refractivity contribution in [1.29, 1.82) is 0 Å². The van der Waals surface area contributed by atoms with Crippen molar-refractivity contribution in [2.45, 2.75) is 46.5 Å². The number of carboxylic acids is 1. The molecule has 0 aromatic carbocycles. The van der Waals surface area contributed by atoms with Crippen LogP contribution in [0.25, 0.3) is 0 Å². The lowest BCUT2D eigenvalue weighted by Crippen LogP contribution is -2.46. The van der Waals surface area contributed by atoms with Crippen LogP contribution in [0.4, 0.5) is 0 Å². The topological polar surface area (TPSA) is 57.6 Å². The zero-order chi connectivity index (χ0) is 13.1. The van der Waals surface area contributed by atoms with E-state index >= 15 is 0 Å². The lowest BCUT2D eigenvalue weighted by atomic mass is 9.76. The Kier molecular flexibility index (Phi) is 4.54. The summed E-state index contributed by atoms with van der Waals surface area (Å²) in [4.78, 5) is 24.6. The molecule has 0 saturated heterocycles. The third-order valence-electron chi connectivity index (χ3n) is 3.92. The molecule has 0 spiro atoms. The van der Waals surface area contributed by atoms with Crippen LogP contribution >= 0.6 is 0 Å². The van der Waals surface area contributed by atoms with Crippen LogP contribution in [-0.2, 0) is 9.59 Å². The number of amides is 1. The third-order valence-corrected chi connectivity index (χ3v) is 3.92. The third kappa shape index (κ3) is 3.20. The largest absolute Gasteiger partial charge is 0.480 e. The van der Waals surface area contributed by atoms with Crippen molar-refractivity contribution < 1.29 is 14.7 Å². The quantitative estimate of drug-likeness (QED) is 0.802. The summed E-state index contributed by atoms with van der Waals surface area (Å²) in [6.45, 7) is 6.00. The molecule has 1 fully saturated rings. The Hall–Kier alpha value is -1.06. The smallest absolute Gasteiger partial charge is 0.323 e. The first kappa shape index (κ1) is 14.0. The fraction of sp³-hybridized carbons (Fsp3) is 0.846. The Morgan fingerprint density at radius 2 is 1.82 bits per heavy atom. The lowest BCUT2D eigenvalue weighted by molar-refractivity contribution is -0.150. The van der Waals surface area contributed by atoms with Gasteiger partial charge in [0.2, 0.25) is 5.91 Å². The number of carbonyl (C=O) groups excluding carboxylic acids is 1. The highest BCUT2D eigenvalue weighted by atomic mass is 16.4. The first-order valence-corrected chi connectivity index (χ1v) is 6.40. The van der Waals surface area contributed by atoms with Gasteiger partial charge in [-0.05, 0) is 25.7 Å². The molecule has 17 heavy (non-hydrogen) atoms. The van der Waals surface area contributed by atoms with E-state index in [2.05, 4.69) is 0 Å². The monoisotopic (exact) mass is 241 g/mol. The summed E-state index contributed by atoms with van der Waals surface area (Å²) >= 11 is 0. The molecule has 0 atom stereocenters. The van der Waals surface area contributed by atoms with Gasteiger partial charge in [0.1, 0.15) is 6.54 Å². The van der Waals surface area contributed by atoms with Crippen molar-refractivity contribution in [3.63, 3.8) is 0 Å². The second-order valence-electron chi connectivity index (χ2n) is 5.42. The van der Waals surface area contributed by atoms with Gasteiger partial charge in [-0.2, -0.15) is 0 Å². The Bertz CT molecular complexity index is 293. The highest BCUT2D eigenvalue weighted by molar-refractivity contribution is 5.85. The molecule has 1 saturated carbocycles. The molecule has 0 aromatic heterocycles. The molecule has 1 aliphatic rings. The summed E-state index contributed by atoms with van der Waals surface area (Å²) in [5.41, 5.74) is -0.429. The number of hydrogen-bond acceptors (Lipinski definition) is 2. The fourth-order valence-electron chi connectivity index (χ4n) is 2.72. The summed E-state index contributed by atoms with van der Waals surface area (Å²) in [6.07, 6.45) is 4.55. The van der Waals surface area contributed by atoms with E-state index in [0.29, 0.717) is 12.5 Å². The van der Waals surface area contributed by atoms with Crippen LogP contribution in [0.2, 0.25) is 0 Å². The zero-order valence-corrected chi connectivity index (χ0v) is 11.0. The molecule has 0 aliphatic heterocycles. The molecule has 1 rings (SSSR count). The Morgan fingerprint density at radius 1 is 1.29 bits per heavy atom. The van der Waals surface area contributed by atoms with Gasteiger partial charge in [-0.25, -0.2) is 0 Å². The number of carbonyl (C=O) groups is 2. The molecule has 0 heterocycles. The van der Waals surface area contributed by atoms with Crippen molar-refractivity contribution >= 4 is 11.9 Å². The Labute approximate surface area is 103 Å². The number of carboxylic acid groups (broad SMARTS) is 1. The van der Waals surface area contributed by atoms with Crippen LogP contribution in [0, 0.1) is 11.3 Å². The van der Waals surface area contributed by atoms with Gasteiger partial charge in [0.15, 0.2) is 0 Å². The summed E-state index contributed by atoms with van der Waals surface area (Å²) in [6, 6.07) is 0. The fourth-order valence-corrected chi connectivity index (χ4v) is 2.72. The molecule has 0 bridgehead atoms. The van der Waals surface area contributed by atoms with Crippen LogP contribution in [0.15, 0.2) is 0 Å². The number of hydrogen-bond donors (Lipinski definition) is 1. The van der Waals surface area contributed by atoms with E-state index in [4.69, 9.17) is 5.11 Å². The van der Waals surface area contributed by atoms with Gasteiger partial charge in [-0.3, -0.25) is 9.59 Å². The summed E-state index contributed by atoms with van der Waals surface area (Å²) in [5, 5.41) is 8.80. The number of likely N-dealkylation sites (N-methyl/N-ethyl adjacent to an activating group) is 1. The van der Waals surface area contributed by atoms with E-state index in [1.165, 1.54) is 17.7 Å². The maximum absolute atomic E-state index is 12.4. The van der Waals surface area contributed by atoms with Crippen LogP contribution in [0.1, 0.15) is 46.5 Å². The predicted octanol–water partition coefficient (Wildman–Crippen LogP) is 2.14. The number of aliphatic carboxylic acids is 1. The van der Waals surface area contributed by atoms with Gasteiger partial charge in [-0.1, -0.05) is 26.7 Å². The minimum Gasteiger partial charge on any atom is -0.480 e. The molecule has 98 valence electrons. The molecule has 4 nitrogen and oxygen atoms in total. The van der Waals surface area contributed by atoms with Crippen molar-refractivity contribution in [3.8, 4) is 0 Å². The molecule has 4 heteroatoms. The van der Waals surface area contributed by atoms with Crippen LogP contribution < -0.4 is 0 Å². The molecule has 0 radical (unpaired) electrons. The van der Waals surface area contributed by atoms with Crippen molar-refractivity contribution in [2.24, 2.45) is 11.3 Å². The first-order valence-electron chi connectivity index (χ1n) is 6.40. The molecule has 1 aliphatic carbocycles. The van der Waals surface area contributed by atoms with E-state index in [1.807, 2.05) is 20.8 Å². The van der Waals surface area contributed by atoms with Gasteiger partial charge >= 0.3 is 5.97 Å². The second kappa shape index (κ2) is 5.52. The molecule has 0 unspecified atom stereocenters. The van der Waals surface area contributed by atoms with Crippen molar-refractivity contribution in [3.05, 3.63) is 0 Å². The van der Waals surface area contributed by atoms with Crippen LogP contribution in [0.3, 0.4) is 0 Å². The molecule has 1 N–H and O–H groups in total. The van der Waals surface area contributed by atoms with Gasteiger partial charge < -0.3 is 10.0 Å². The van der Waals surface area contributed by atoms with Gasteiger partial charge in [0.25, 0.3) is 0 Å². The first-order chi connectivity index (χ1) is 7.89. The molecule has 1 amide bonds. The van der Waals surface area contributed by atoms with Crippen molar-refractivity contribution in [2.75, 3.05) is 13.1 Å². The highest BCUT2D eigenvalue weighted by Gasteiger charge is 2.40. The summed E-state index contributed by atoms with van der Waals surface area (Å²) in [7, 11) is 0. The standard InChI is InChI=1S/C13H23NO3/c1-4-14(9-11(15)16)12(17)13(2,3)10-7-5-6-8-10/h10H,4-9H2,1-3H3,(H,15,16). The van der Waals surface area contributed by atoms with E-state index in [0.717, 1.165) is 12.8 Å². The second-order valence-corrected chi connectivity index (χ2v) is 5.42. The van der Waals surface area contributed by atoms with E-state index in [9.17, 15) is 9.59 Å². The van der Waals surface area contributed by atoms with E-state index in [1.54, 1.807) is 0 Å². The zero-order valence-electron chi connectivity index (χ0n) is 11.0. The predicted molar refractivity (Wildman–Crippen MR) is 65.6 cm³/mol.